The van der Waals surface area contributed by atoms with E-state index in [0.717, 1.165) is 30.6 Å². The van der Waals surface area contributed by atoms with Crippen LogP contribution < -0.4 is 4.72 Å². The fraction of sp³-hybridized carbons (Fsp3) is 0.583. The van der Waals surface area contributed by atoms with E-state index >= 15 is 0 Å². The van der Waals surface area contributed by atoms with E-state index in [1.54, 1.807) is 11.4 Å². The Labute approximate surface area is 130 Å². The third kappa shape index (κ3) is 3.60. The second-order valence-electron chi connectivity index (χ2n) is 4.90. The van der Waals surface area contributed by atoms with Gasteiger partial charge < -0.3 is 5.11 Å². The van der Waals surface area contributed by atoms with Gasteiger partial charge in [0.1, 0.15) is 4.21 Å². The van der Waals surface area contributed by atoms with E-state index in [1.165, 1.54) is 0 Å². The molecule has 1 aliphatic rings. The van der Waals surface area contributed by atoms with Gasteiger partial charge in [-0.1, -0.05) is 12.8 Å². The molecule has 0 aliphatic heterocycles. The van der Waals surface area contributed by atoms with Gasteiger partial charge in [0.25, 0.3) is 10.0 Å². The van der Waals surface area contributed by atoms with E-state index in [1.807, 2.05) is 0 Å². The normalized spacial score (nSPS) is 23.6. The van der Waals surface area contributed by atoms with Crippen LogP contribution in [0.5, 0.6) is 0 Å². The number of aliphatic carboxylic acids is 1. The van der Waals surface area contributed by atoms with Gasteiger partial charge in [0.05, 0.1) is 5.92 Å². The van der Waals surface area contributed by atoms with Crippen LogP contribution in [0.2, 0.25) is 0 Å². The Balaban J connectivity index is 2.04. The predicted octanol–water partition coefficient (Wildman–Crippen LogP) is 2.68. The van der Waals surface area contributed by atoms with Crippen LogP contribution in [0.15, 0.2) is 20.1 Å². The molecule has 2 unspecified atom stereocenters. The number of hydrogen-bond donors (Lipinski definition) is 2. The van der Waals surface area contributed by atoms with Gasteiger partial charge in [0, 0.05) is 11.0 Å². The molecule has 1 aliphatic carbocycles. The fourth-order valence-corrected chi connectivity index (χ4v) is 6.01. The first kappa shape index (κ1) is 15.9. The minimum atomic E-state index is -3.57. The zero-order valence-electron chi connectivity index (χ0n) is 10.7. The number of hydrogen-bond acceptors (Lipinski definition) is 4. The summed E-state index contributed by atoms with van der Waals surface area (Å²) in [6.07, 6.45) is 3.24. The van der Waals surface area contributed by atoms with Crippen LogP contribution in [-0.4, -0.2) is 26.0 Å². The fourth-order valence-electron chi connectivity index (χ4n) is 2.53. The Kier molecular flexibility index (Phi) is 5.22. The van der Waals surface area contributed by atoms with Gasteiger partial charge in [-0.15, -0.1) is 11.3 Å². The van der Waals surface area contributed by atoms with E-state index in [2.05, 4.69) is 20.7 Å². The van der Waals surface area contributed by atoms with Crippen LogP contribution in [0.1, 0.15) is 25.7 Å². The Morgan fingerprint density at radius 2 is 2.15 bits per heavy atom. The number of thiophene rings is 1. The van der Waals surface area contributed by atoms with E-state index in [4.69, 9.17) is 0 Å². The lowest BCUT2D eigenvalue weighted by atomic mass is 9.79. The quantitative estimate of drug-likeness (QED) is 0.820. The molecule has 2 rings (SSSR count). The summed E-state index contributed by atoms with van der Waals surface area (Å²) in [4.78, 5) is 11.2. The Morgan fingerprint density at radius 1 is 1.45 bits per heavy atom. The Bertz CT molecular complexity index is 584. The summed E-state index contributed by atoms with van der Waals surface area (Å²) < 4.78 is 27.6. The van der Waals surface area contributed by atoms with Gasteiger partial charge in [0.2, 0.25) is 0 Å². The average molecular weight is 382 g/mol. The molecule has 0 saturated heterocycles. The van der Waals surface area contributed by atoms with Gasteiger partial charge in [-0.3, -0.25) is 4.79 Å². The monoisotopic (exact) mass is 381 g/mol. The molecule has 2 N–H and O–H groups in total. The molecule has 8 heteroatoms. The minimum absolute atomic E-state index is 0.130. The standard InChI is InChI=1S/C12H16BrNO4S2/c13-10-5-6-19-12(10)20(17,18)14-7-8-3-1-2-4-9(8)11(15)16/h5-6,8-9,14H,1-4,7H2,(H,15,16). The van der Waals surface area contributed by atoms with Crippen molar-refractivity contribution in [1.82, 2.24) is 4.72 Å². The van der Waals surface area contributed by atoms with Crippen molar-refractivity contribution in [2.45, 2.75) is 29.9 Å². The molecule has 0 aromatic carbocycles. The predicted molar refractivity (Wildman–Crippen MR) is 80.3 cm³/mol. The van der Waals surface area contributed by atoms with E-state index in [0.29, 0.717) is 10.9 Å². The first-order valence-electron chi connectivity index (χ1n) is 6.37. The summed E-state index contributed by atoms with van der Waals surface area (Å²) in [6, 6.07) is 1.68. The maximum Gasteiger partial charge on any atom is 0.306 e. The molecule has 1 fully saturated rings. The summed E-state index contributed by atoms with van der Waals surface area (Å²) in [5, 5.41) is 10.9. The third-order valence-corrected chi connectivity index (χ3v) is 7.68. The average Bonchev–Trinajstić information content (AvgIpc) is 2.84. The molecule has 1 aromatic heterocycles. The highest BCUT2D eigenvalue weighted by Gasteiger charge is 2.32. The molecule has 1 saturated carbocycles. The van der Waals surface area contributed by atoms with Crippen molar-refractivity contribution in [3.63, 3.8) is 0 Å². The van der Waals surface area contributed by atoms with Gasteiger partial charge in [-0.05, 0) is 46.1 Å². The molecular formula is C12H16BrNO4S2. The van der Waals surface area contributed by atoms with E-state index in [9.17, 15) is 18.3 Å². The smallest absolute Gasteiger partial charge is 0.306 e. The number of carboxylic acid groups (broad SMARTS) is 1. The lowest BCUT2D eigenvalue weighted by Crippen LogP contribution is -2.37. The van der Waals surface area contributed by atoms with Gasteiger partial charge in [-0.2, -0.15) is 0 Å². The van der Waals surface area contributed by atoms with Crippen LogP contribution in [0.4, 0.5) is 0 Å². The first-order valence-corrected chi connectivity index (χ1v) is 9.53. The number of rotatable bonds is 5. The lowest BCUT2D eigenvalue weighted by Gasteiger charge is -2.28. The number of nitrogens with one attached hydrogen (secondary N) is 1. The second kappa shape index (κ2) is 6.55. The van der Waals surface area contributed by atoms with E-state index in [-0.39, 0.29) is 16.7 Å². The lowest BCUT2D eigenvalue weighted by molar-refractivity contribution is -0.144. The number of carboxylic acids is 1. The van der Waals surface area contributed by atoms with E-state index < -0.39 is 21.9 Å². The van der Waals surface area contributed by atoms with Crippen LogP contribution in [0.3, 0.4) is 0 Å². The van der Waals surface area contributed by atoms with Crippen LogP contribution in [-0.2, 0) is 14.8 Å². The molecular weight excluding hydrogens is 366 g/mol. The second-order valence-corrected chi connectivity index (χ2v) is 8.63. The number of carbonyl (C=O) groups is 1. The van der Waals surface area contributed by atoms with Crippen molar-refractivity contribution in [1.29, 1.82) is 0 Å². The summed E-state index contributed by atoms with van der Waals surface area (Å²) in [5.74, 6) is -1.40. The summed E-state index contributed by atoms with van der Waals surface area (Å²) >= 11 is 4.34. The van der Waals surface area contributed by atoms with Gasteiger partial charge in [0.15, 0.2) is 0 Å². The van der Waals surface area contributed by atoms with Crippen molar-refractivity contribution in [2.24, 2.45) is 11.8 Å². The van der Waals surface area contributed by atoms with Crippen molar-refractivity contribution < 1.29 is 18.3 Å². The molecule has 0 bridgehead atoms. The van der Waals surface area contributed by atoms with Crippen LogP contribution in [0.25, 0.3) is 0 Å². The zero-order valence-corrected chi connectivity index (χ0v) is 13.9. The van der Waals surface area contributed by atoms with Crippen LogP contribution >= 0.6 is 27.3 Å². The summed E-state index contributed by atoms with van der Waals surface area (Å²) in [5.41, 5.74) is 0. The van der Waals surface area contributed by atoms with Gasteiger partial charge in [-0.25, -0.2) is 13.1 Å². The maximum atomic E-state index is 12.2. The molecule has 2 atom stereocenters. The number of sulfonamides is 1. The zero-order chi connectivity index (χ0) is 14.8. The Morgan fingerprint density at radius 3 is 2.75 bits per heavy atom. The third-order valence-electron chi connectivity index (χ3n) is 3.59. The van der Waals surface area contributed by atoms with Crippen LogP contribution in [0, 0.1) is 11.8 Å². The highest BCUT2D eigenvalue weighted by atomic mass is 79.9. The Hall–Kier alpha value is -0.440. The molecule has 1 heterocycles. The minimum Gasteiger partial charge on any atom is -0.481 e. The van der Waals surface area contributed by atoms with Gasteiger partial charge >= 0.3 is 5.97 Å². The SMILES string of the molecule is O=C(O)C1CCCCC1CNS(=O)(=O)c1sccc1Br. The molecule has 20 heavy (non-hydrogen) atoms. The largest absolute Gasteiger partial charge is 0.481 e. The molecule has 112 valence electrons. The molecule has 0 radical (unpaired) electrons. The summed E-state index contributed by atoms with van der Waals surface area (Å²) in [6.45, 7) is 0.184. The maximum absolute atomic E-state index is 12.2. The molecule has 1 aromatic rings. The van der Waals surface area contributed by atoms with Crippen molar-refractivity contribution >= 4 is 43.3 Å². The van der Waals surface area contributed by atoms with Crippen molar-refractivity contribution in [3.05, 3.63) is 15.9 Å². The van der Waals surface area contributed by atoms with Crippen molar-refractivity contribution in [2.75, 3.05) is 6.54 Å². The molecule has 0 spiro atoms. The molecule has 0 amide bonds. The highest BCUT2D eigenvalue weighted by molar-refractivity contribution is 9.10. The molecule has 5 nitrogen and oxygen atoms in total. The summed E-state index contributed by atoms with van der Waals surface area (Å²) in [7, 11) is -3.57. The topological polar surface area (TPSA) is 83.5 Å². The number of halogens is 1. The highest BCUT2D eigenvalue weighted by Crippen LogP contribution is 2.31. The van der Waals surface area contributed by atoms with Crippen molar-refractivity contribution in [3.8, 4) is 0 Å². The first-order chi connectivity index (χ1) is 9.42.